The summed E-state index contributed by atoms with van der Waals surface area (Å²) in [5.74, 6) is -0.755. The number of carboxylic acids is 1. The highest BCUT2D eigenvalue weighted by Crippen LogP contribution is 2.14. The minimum Gasteiger partial charge on any atom is -0.480 e. The van der Waals surface area contributed by atoms with Gasteiger partial charge in [0.1, 0.15) is 5.54 Å². The monoisotopic (exact) mass is 187 g/mol. The summed E-state index contributed by atoms with van der Waals surface area (Å²) in [7, 11) is 0. The van der Waals surface area contributed by atoms with Crippen molar-refractivity contribution in [2.75, 3.05) is 0 Å². The highest BCUT2D eigenvalue weighted by molar-refractivity contribution is 5.78. The summed E-state index contributed by atoms with van der Waals surface area (Å²) < 4.78 is 0. The molecule has 0 saturated heterocycles. The molecule has 0 aliphatic heterocycles. The van der Waals surface area contributed by atoms with E-state index >= 15 is 0 Å². The number of hydrogen-bond acceptors (Lipinski definition) is 2. The van der Waals surface area contributed by atoms with E-state index in [0.717, 1.165) is 12.8 Å². The van der Waals surface area contributed by atoms with Gasteiger partial charge in [-0.15, -0.1) is 0 Å². The molecule has 0 aromatic rings. The van der Waals surface area contributed by atoms with Crippen molar-refractivity contribution in [3.8, 4) is 0 Å². The lowest BCUT2D eigenvalue weighted by Gasteiger charge is -2.29. The Morgan fingerprint density at radius 3 is 2.38 bits per heavy atom. The van der Waals surface area contributed by atoms with Crippen molar-refractivity contribution in [1.82, 2.24) is 5.32 Å². The molecule has 0 saturated carbocycles. The van der Waals surface area contributed by atoms with Gasteiger partial charge >= 0.3 is 5.97 Å². The largest absolute Gasteiger partial charge is 0.480 e. The second kappa shape index (κ2) is 5.22. The molecule has 0 aromatic heterocycles. The van der Waals surface area contributed by atoms with Gasteiger partial charge in [0.2, 0.25) is 0 Å². The van der Waals surface area contributed by atoms with Gasteiger partial charge in [-0.05, 0) is 26.7 Å². The molecule has 0 bridgehead atoms. The molecule has 0 aliphatic carbocycles. The fourth-order valence-electron chi connectivity index (χ4n) is 1.39. The number of carboxylic acid groups (broad SMARTS) is 1. The molecule has 2 unspecified atom stereocenters. The number of nitrogens with one attached hydrogen (secondary N) is 1. The number of rotatable bonds is 6. The Balaban J connectivity index is 4.32. The van der Waals surface area contributed by atoms with Crippen molar-refractivity contribution in [1.29, 1.82) is 0 Å². The molecule has 0 amide bonds. The van der Waals surface area contributed by atoms with E-state index in [-0.39, 0.29) is 6.04 Å². The standard InChI is InChI=1S/C10H21NO2/c1-5-7-10(4,9(12)13)11-8(3)6-2/h8,11H,5-7H2,1-4H3,(H,12,13). The van der Waals surface area contributed by atoms with Crippen molar-refractivity contribution >= 4 is 5.97 Å². The van der Waals surface area contributed by atoms with Gasteiger partial charge in [0, 0.05) is 6.04 Å². The molecule has 13 heavy (non-hydrogen) atoms. The second-order valence-electron chi connectivity index (χ2n) is 3.84. The fraction of sp³-hybridized carbons (Fsp3) is 0.900. The Kier molecular flexibility index (Phi) is 4.99. The van der Waals surface area contributed by atoms with Gasteiger partial charge in [0.05, 0.1) is 0 Å². The van der Waals surface area contributed by atoms with Crippen LogP contribution in [0.5, 0.6) is 0 Å². The van der Waals surface area contributed by atoms with Crippen LogP contribution >= 0.6 is 0 Å². The normalized spacial score (nSPS) is 17.8. The average Bonchev–Trinajstić information content (AvgIpc) is 2.04. The van der Waals surface area contributed by atoms with Crippen LogP contribution in [-0.4, -0.2) is 22.7 Å². The van der Waals surface area contributed by atoms with E-state index in [2.05, 4.69) is 5.32 Å². The molecule has 0 spiro atoms. The summed E-state index contributed by atoms with van der Waals surface area (Å²) in [6.45, 7) is 7.81. The Bertz CT molecular complexity index is 170. The Labute approximate surface area is 80.5 Å². The minimum absolute atomic E-state index is 0.257. The van der Waals surface area contributed by atoms with Crippen molar-refractivity contribution in [2.24, 2.45) is 0 Å². The SMILES string of the molecule is CCCC(C)(NC(C)CC)C(=O)O. The van der Waals surface area contributed by atoms with Crippen molar-refractivity contribution in [3.05, 3.63) is 0 Å². The topological polar surface area (TPSA) is 49.3 Å². The van der Waals surface area contributed by atoms with E-state index in [1.54, 1.807) is 6.92 Å². The van der Waals surface area contributed by atoms with Gasteiger partial charge in [0.15, 0.2) is 0 Å². The third-order valence-electron chi connectivity index (χ3n) is 2.40. The van der Waals surface area contributed by atoms with Crippen LogP contribution < -0.4 is 5.32 Å². The molecule has 0 aliphatic rings. The average molecular weight is 187 g/mol. The molecule has 0 heterocycles. The van der Waals surface area contributed by atoms with E-state index in [9.17, 15) is 4.79 Å². The van der Waals surface area contributed by atoms with E-state index in [0.29, 0.717) is 6.42 Å². The first-order valence-corrected chi connectivity index (χ1v) is 4.97. The molecular weight excluding hydrogens is 166 g/mol. The van der Waals surface area contributed by atoms with Gasteiger partial charge in [-0.1, -0.05) is 20.3 Å². The van der Waals surface area contributed by atoms with Crippen LogP contribution in [0, 0.1) is 0 Å². The van der Waals surface area contributed by atoms with Crippen molar-refractivity contribution < 1.29 is 9.90 Å². The molecule has 78 valence electrons. The van der Waals surface area contributed by atoms with Crippen LogP contribution in [0.2, 0.25) is 0 Å². The van der Waals surface area contributed by atoms with Crippen LogP contribution in [0.1, 0.15) is 47.0 Å². The zero-order chi connectivity index (χ0) is 10.5. The molecular formula is C10H21NO2. The fourth-order valence-corrected chi connectivity index (χ4v) is 1.39. The molecule has 3 heteroatoms. The second-order valence-corrected chi connectivity index (χ2v) is 3.84. The maximum Gasteiger partial charge on any atom is 0.323 e. The molecule has 2 N–H and O–H groups in total. The van der Waals surface area contributed by atoms with Crippen LogP contribution in [-0.2, 0) is 4.79 Å². The van der Waals surface area contributed by atoms with E-state index < -0.39 is 11.5 Å². The first kappa shape index (κ1) is 12.4. The Morgan fingerprint density at radius 2 is 2.08 bits per heavy atom. The molecule has 0 radical (unpaired) electrons. The van der Waals surface area contributed by atoms with Gasteiger partial charge in [-0.2, -0.15) is 0 Å². The van der Waals surface area contributed by atoms with Gasteiger partial charge in [-0.25, -0.2) is 0 Å². The van der Waals surface area contributed by atoms with Gasteiger partial charge < -0.3 is 5.11 Å². The number of carbonyl (C=O) groups is 1. The molecule has 3 nitrogen and oxygen atoms in total. The predicted molar refractivity (Wildman–Crippen MR) is 53.8 cm³/mol. The van der Waals surface area contributed by atoms with E-state index in [1.807, 2.05) is 20.8 Å². The Morgan fingerprint density at radius 1 is 1.54 bits per heavy atom. The van der Waals surface area contributed by atoms with Crippen LogP contribution in [0.25, 0.3) is 0 Å². The highest BCUT2D eigenvalue weighted by Gasteiger charge is 2.32. The lowest BCUT2D eigenvalue weighted by atomic mass is 9.95. The Hall–Kier alpha value is -0.570. The third kappa shape index (κ3) is 3.77. The van der Waals surface area contributed by atoms with Crippen molar-refractivity contribution in [2.45, 2.75) is 58.5 Å². The summed E-state index contributed by atoms with van der Waals surface area (Å²) in [5, 5.41) is 12.2. The smallest absolute Gasteiger partial charge is 0.323 e. The number of hydrogen-bond donors (Lipinski definition) is 2. The quantitative estimate of drug-likeness (QED) is 0.668. The maximum absolute atomic E-state index is 11.0. The summed E-state index contributed by atoms with van der Waals surface area (Å²) in [6.07, 6.45) is 2.51. The highest BCUT2D eigenvalue weighted by atomic mass is 16.4. The molecule has 2 atom stereocenters. The van der Waals surface area contributed by atoms with E-state index in [1.165, 1.54) is 0 Å². The zero-order valence-electron chi connectivity index (χ0n) is 9.05. The summed E-state index contributed by atoms with van der Waals surface area (Å²) in [6, 6.07) is 0.257. The van der Waals surface area contributed by atoms with E-state index in [4.69, 9.17) is 5.11 Å². The van der Waals surface area contributed by atoms with Gasteiger partial charge in [0.25, 0.3) is 0 Å². The maximum atomic E-state index is 11.0. The van der Waals surface area contributed by atoms with Crippen molar-refractivity contribution in [3.63, 3.8) is 0 Å². The summed E-state index contributed by atoms with van der Waals surface area (Å²) in [4.78, 5) is 11.0. The summed E-state index contributed by atoms with van der Waals surface area (Å²) >= 11 is 0. The van der Waals surface area contributed by atoms with Crippen LogP contribution in [0.3, 0.4) is 0 Å². The van der Waals surface area contributed by atoms with Crippen LogP contribution in [0.15, 0.2) is 0 Å². The minimum atomic E-state index is -0.760. The first-order chi connectivity index (χ1) is 5.96. The summed E-state index contributed by atoms with van der Waals surface area (Å²) in [5.41, 5.74) is -0.760. The first-order valence-electron chi connectivity index (χ1n) is 4.97. The number of aliphatic carboxylic acids is 1. The molecule has 0 fully saturated rings. The predicted octanol–water partition coefficient (Wildman–Crippen LogP) is 2.02. The van der Waals surface area contributed by atoms with Crippen LogP contribution in [0.4, 0.5) is 0 Å². The zero-order valence-corrected chi connectivity index (χ0v) is 9.05. The molecule has 0 aromatic carbocycles. The molecule has 0 rings (SSSR count). The lowest BCUT2D eigenvalue weighted by molar-refractivity contribution is -0.144. The third-order valence-corrected chi connectivity index (χ3v) is 2.40. The lowest BCUT2D eigenvalue weighted by Crippen LogP contribution is -2.52. The van der Waals surface area contributed by atoms with Gasteiger partial charge in [-0.3, -0.25) is 10.1 Å².